The highest BCUT2D eigenvalue weighted by Crippen LogP contribution is 2.36. The molecule has 0 radical (unpaired) electrons. The van der Waals surface area contributed by atoms with Gasteiger partial charge in [-0.2, -0.15) is 0 Å². The molecule has 0 bridgehead atoms. The molecule has 0 aliphatic carbocycles. The van der Waals surface area contributed by atoms with Gasteiger partial charge in [-0.05, 0) is 35.4 Å². The number of phenolic OH excluding ortho intramolecular Hbond substituents is 1. The molecule has 0 aromatic heterocycles. The fourth-order valence-electron chi connectivity index (χ4n) is 2.43. The second-order valence-electron chi connectivity index (χ2n) is 4.91. The van der Waals surface area contributed by atoms with Crippen molar-refractivity contribution in [3.05, 3.63) is 59.4 Å². The molecule has 0 saturated carbocycles. The number of methoxy groups -OCH3 is 1. The number of aromatic hydroxyl groups is 1. The summed E-state index contributed by atoms with van der Waals surface area (Å²) >= 11 is 0. The number of allylic oxidation sites excluding steroid dienone is 1. The average Bonchev–Trinajstić information content (AvgIpc) is 2.53. The van der Waals surface area contributed by atoms with E-state index in [9.17, 15) is 10.2 Å². The molecular weight excluding hydrogens is 268 g/mol. The molecule has 0 unspecified atom stereocenters. The molecule has 4 nitrogen and oxygen atoms in total. The van der Waals surface area contributed by atoms with Gasteiger partial charge in [-0.15, -0.1) is 0 Å². The van der Waals surface area contributed by atoms with E-state index in [0.29, 0.717) is 17.7 Å². The first kappa shape index (κ1) is 13.5. The lowest BCUT2D eigenvalue weighted by Gasteiger charge is -2.20. The lowest BCUT2D eigenvalue weighted by Crippen LogP contribution is -2.04. The molecule has 1 aliphatic rings. The first-order chi connectivity index (χ1) is 10.2. The van der Waals surface area contributed by atoms with Crippen LogP contribution >= 0.6 is 0 Å². The van der Waals surface area contributed by atoms with Crippen molar-refractivity contribution in [1.82, 2.24) is 0 Å². The second-order valence-corrected chi connectivity index (χ2v) is 4.91. The molecule has 108 valence electrons. The molecule has 0 spiro atoms. The Morgan fingerprint density at radius 2 is 1.95 bits per heavy atom. The summed E-state index contributed by atoms with van der Waals surface area (Å²) in [7, 11) is 1.58. The van der Waals surface area contributed by atoms with Crippen molar-refractivity contribution >= 4 is 5.57 Å². The smallest absolute Gasteiger partial charge is 0.130 e. The van der Waals surface area contributed by atoms with Crippen LogP contribution in [0.15, 0.2) is 42.7 Å². The Morgan fingerprint density at radius 1 is 1.19 bits per heavy atom. The first-order valence-corrected chi connectivity index (χ1v) is 6.67. The van der Waals surface area contributed by atoms with Crippen LogP contribution in [0, 0.1) is 0 Å². The third kappa shape index (κ3) is 2.58. The van der Waals surface area contributed by atoms with Gasteiger partial charge >= 0.3 is 0 Å². The third-order valence-electron chi connectivity index (χ3n) is 3.58. The van der Waals surface area contributed by atoms with Crippen LogP contribution in [0.25, 0.3) is 5.57 Å². The van der Waals surface area contributed by atoms with Crippen molar-refractivity contribution in [3.8, 4) is 17.2 Å². The van der Waals surface area contributed by atoms with Crippen LogP contribution in [0.2, 0.25) is 0 Å². The monoisotopic (exact) mass is 284 g/mol. The van der Waals surface area contributed by atoms with Gasteiger partial charge in [0.25, 0.3) is 0 Å². The van der Waals surface area contributed by atoms with E-state index in [-0.39, 0.29) is 12.4 Å². The van der Waals surface area contributed by atoms with Gasteiger partial charge in [-0.25, -0.2) is 0 Å². The van der Waals surface area contributed by atoms with Gasteiger partial charge in [0, 0.05) is 17.5 Å². The van der Waals surface area contributed by atoms with Gasteiger partial charge in [-0.3, -0.25) is 0 Å². The highest BCUT2D eigenvalue weighted by atomic mass is 16.5. The zero-order valence-electron chi connectivity index (χ0n) is 11.7. The molecule has 2 aromatic rings. The van der Waals surface area contributed by atoms with E-state index in [1.54, 1.807) is 31.6 Å². The van der Waals surface area contributed by atoms with Crippen LogP contribution in [0.5, 0.6) is 17.2 Å². The van der Waals surface area contributed by atoms with Gasteiger partial charge < -0.3 is 19.7 Å². The van der Waals surface area contributed by atoms with E-state index in [4.69, 9.17) is 9.47 Å². The van der Waals surface area contributed by atoms with Crippen LogP contribution in [0.3, 0.4) is 0 Å². The fraction of sp³-hybridized carbons (Fsp3) is 0.176. The Morgan fingerprint density at radius 3 is 2.62 bits per heavy atom. The fourth-order valence-corrected chi connectivity index (χ4v) is 2.43. The van der Waals surface area contributed by atoms with Gasteiger partial charge in [0.05, 0.1) is 20.0 Å². The van der Waals surface area contributed by atoms with Gasteiger partial charge in [-0.1, -0.05) is 12.1 Å². The number of phenols is 1. The molecule has 1 heterocycles. The maximum Gasteiger partial charge on any atom is 0.130 e. The molecule has 2 aromatic carbocycles. The maximum atomic E-state index is 9.35. The number of aliphatic hydroxyl groups excluding tert-OH is 1. The second kappa shape index (κ2) is 5.50. The van der Waals surface area contributed by atoms with E-state index < -0.39 is 0 Å². The maximum absolute atomic E-state index is 9.35. The quantitative estimate of drug-likeness (QED) is 0.910. The van der Waals surface area contributed by atoms with Crippen molar-refractivity contribution in [3.63, 3.8) is 0 Å². The molecule has 3 rings (SSSR count). The topological polar surface area (TPSA) is 58.9 Å². The Kier molecular flexibility index (Phi) is 3.54. The molecular formula is C17H16O4. The lowest BCUT2D eigenvalue weighted by atomic mass is 9.96. The van der Waals surface area contributed by atoms with E-state index in [1.165, 1.54) is 0 Å². The number of fused-ring (bicyclic) bond motifs is 1. The summed E-state index contributed by atoms with van der Waals surface area (Å²) in [5.74, 6) is 1.64. The number of ether oxygens (including phenoxy) is 2. The minimum Gasteiger partial charge on any atom is -0.508 e. The SMILES string of the molecule is COc1cc2c(cc1CO)OC=C(c1ccc(O)cc1)C2. The van der Waals surface area contributed by atoms with Crippen molar-refractivity contribution in [2.24, 2.45) is 0 Å². The third-order valence-corrected chi connectivity index (χ3v) is 3.58. The Hall–Kier alpha value is -2.46. The molecule has 0 fully saturated rings. The van der Waals surface area contributed by atoms with Crippen molar-refractivity contribution in [1.29, 1.82) is 0 Å². The average molecular weight is 284 g/mol. The lowest BCUT2D eigenvalue weighted by molar-refractivity contribution is 0.273. The van der Waals surface area contributed by atoms with Crippen LogP contribution in [-0.4, -0.2) is 17.3 Å². The van der Waals surface area contributed by atoms with Crippen LogP contribution in [0.4, 0.5) is 0 Å². The first-order valence-electron chi connectivity index (χ1n) is 6.67. The molecule has 0 atom stereocenters. The normalized spacial score (nSPS) is 13.1. The highest BCUT2D eigenvalue weighted by Gasteiger charge is 2.17. The molecule has 2 N–H and O–H groups in total. The minimum absolute atomic E-state index is 0.0889. The summed E-state index contributed by atoms with van der Waals surface area (Å²) in [6.45, 7) is -0.0889. The van der Waals surface area contributed by atoms with E-state index in [2.05, 4.69) is 0 Å². The number of benzene rings is 2. The zero-order valence-corrected chi connectivity index (χ0v) is 11.7. The highest BCUT2D eigenvalue weighted by molar-refractivity contribution is 5.71. The summed E-state index contributed by atoms with van der Waals surface area (Å²) < 4.78 is 11.0. The summed E-state index contributed by atoms with van der Waals surface area (Å²) in [5, 5.41) is 18.7. The summed E-state index contributed by atoms with van der Waals surface area (Å²) in [6.07, 6.45) is 2.42. The molecule has 21 heavy (non-hydrogen) atoms. The number of hydrogen-bond donors (Lipinski definition) is 2. The summed E-state index contributed by atoms with van der Waals surface area (Å²) in [6, 6.07) is 10.7. The number of rotatable bonds is 3. The minimum atomic E-state index is -0.0889. The van der Waals surface area contributed by atoms with E-state index >= 15 is 0 Å². The Balaban J connectivity index is 1.93. The molecule has 1 aliphatic heterocycles. The Labute approximate surface area is 122 Å². The standard InChI is InChI=1S/C17H16O4/c1-20-16-7-12-6-14(11-2-4-15(19)5-3-11)10-21-17(12)8-13(16)9-18/h2-5,7-8,10,18-19H,6,9H2,1H3. The number of aliphatic hydroxyl groups is 1. The predicted molar refractivity (Wildman–Crippen MR) is 79.3 cm³/mol. The van der Waals surface area contributed by atoms with Crippen molar-refractivity contribution in [2.75, 3.05) is 7.11 Å². The largest absolute Gasteiger partial charge is 0.508 e. The van der Waals surface area contributed by atoms with Crippen LogP contribution in [-0.2, 0) is 13.0 Å². The molecule has 4 heteroatoms. The van der Waals surface area contributed by atoms with Gasteiger partial charge in [0.15, 0.2) is 0 Å². The summed E-state index contributed by atoms with van der Waals surface area (Å²) in [5.41, 5.74) is 3.75. The van der Waals surface area contributed by atoms with E-state index in [0.717, 1.165) is 22.4 Å². The molecule has 0 amide bonds. The van der Waals surface area contributed by atoms with Crippen molar-refractivity contribution in [2.45, 2.75) is 13.0 Å². The van der Waals surface area contributed by atoms with E-state index in [1.807, 2.05) is 18.2 Å². The number of hydrogen-bond acceptors (Lipinski definition) is 4. The van der Waals surface area contributed by atoms with Crippen molar-refractivity contribution < 1.29 is 19.7 Å². The summed E-state index contributed by atoms with van der Waals surface area (Å²) in [4.78, 5) is 0. The van der Waals surface area contributed by atoms with Crippen LogP contribution < -0.4 is 9.47 Å². The zero-order chi connectivity index (χ0) is 14.8. The van der Waals surface area contributed by atoms with Gasteiger partial charge in [0.1, 0.15) is 17.2 Å². The Bertz CT molecular complexity index is 687. The molecule has 0 saturated heterocycles. The van der Waals surface area contributed by atoms with Gasteiger partial charge in [0.2, 0.25) is 0 Å². The van der Waals surface area contributed by atoms with Crippen LogP contribution in [0.1, 0.15) is 16.7 Å². The predicted octanol–water partition coefficient (Wildman–Crippen LogP) is 2.87.